The molecule has 1 fully saturated rings. The molecule has 0 spiro atoms. The van der Waals surface area contributed by atoms with Crippen LogP contribution in [0.2, 0.25) is 0 Å². The molecule has 1 amide bonds. The lowest BCUT2D eigenvalue weighted by Gasteiger charge is -2.26. The van der Waals surface area contributed by atoms with E-state index in [4.69, 9.17) is 4.74 Å². The monoisotopic (exact) mass is 429 g/mol. The van der Waals surface area contributed by atoms with E-state index >= 15 is 0 Å². The van der Waals surface area contributed by atoms with Gasteiger partial charge in [0, 0.05) is 5.92 Å². The first kappa shape index (κ1) is 20.0. The van der Waals surface area contributed by atoms with Gasteiger partial charge < -0.3 is 10.1 Å². The number of carbonyl (C=O) groups is 1. The van der Waals surface area contributed by atoms with Crippen LogP contribution >= 0.6 is 0 Å². The number of aromatic nitrogens is 2. The normalized spacial score (nSPS) is 19.4. The van der Waals surface area contributed by atoms with E-state index in [0.717, 1.165) is 35.0 Å². The second kappa shape index (κ2) is 6.92. The van der Waals surface area contributed by atoms with Crippen molar-refractivity contribution in [2.24, 2.45) is 0 Å². The average molecular weight is 429 g/mol. The van der Waals surface area contributed by atoms with E-state index < -0.39 is 35.4 Å². The van der Waals surface area contributed by atoms with Crippen molar-refractivity contribution >= 4 is 5.91 Å². The number of fused-ring (bicyclic) bond motifs is 1. The summed E-state index contributed by atoms with van der Waals surface area (Å²) in [4.78, 5) is 11.5. The van der Waals surface area contributed by atoms with E-state index in [2.05, 4.69) is 10.4 Å². The quantitative estimate of drug-likeness (QED) is 0.724. The van der Waals surface area contributed by atoms with E-state index in [1.807, 2.05) is 0 Å². The molecule has 11 heteroatoms. The smallest absolute Gasteiger partial charge is 0.435 e. The van der Waals surface area contributed by atoms with Crippen LogP contribution in [0, 0.1) is 0 Å². The Morgan fingerprint density at radius 3 is 2.40 bits per heavy atom. The van der Waals surface area contributed by atoms with Crippen molar-refractivity contribution in [1.82, 2.24) is 15.1 Å². The maximum atomic E-state index is 13.3. The molecule has 1 unspecified atom stereocenters. The number of nitrogens with zero attached hydrogens (tertiary/aromatic N) is 2. The van der Waals surface area contributed by atoms with Gasteiger partial charge in [0.15, 0.2) is 12.3 Å². The zero-order valence-corrected chi connectivity index (χ0v) is 15.0. The second-order valence-corrected chi connectivity index (χ2v) is 6.74. The molecule has 2 aromatic rings. The van der Waals surface area contributed by atoms with Crippen LogP contribution in [0.1, 0.15) is 29.3 Å². The summed E-state index contributed by atoms with van der Waals surface area (Å²) in [7, 11) is 0. The molecule has 1 aromatic carbocycles. The van der Waals surface area contributed by atoms with Gasteiger partial charge in [0.05, 0.1) is 22.6 Å². The summed E-state index contributed by atoms with van der Waals surface area (Å²) >= 11 is 0. The molecule has 0 saturated carbocycles. The predicted molar refractivity (Wildman–Crippen MR) is 91.2 cm³/mol. The van der Waals surface area contributed by atoms with Gasteiger partial charge in [-0.25, -0.2) is 4.68 Å². The third-order valence-corrected chi connectivity index (χ3v) is 4.67. The lowest BCUT2D eigenvalue weighted by Crippen LogP contribution is -2.35. The summed E-state index contributed by atoms with van der Waals surface area (Å²) in [6.45, 7) is -0.157. The van der Waals surface area contributed by atoms with Gasteiger partial charge in [0.1, 0.15) is 5.76 Å². The molecule has 1 saturated heterocycles. The number of alkyl halides is 6. The number of nitrogens with one attached hydrogen (secondary N) is 1. The van der Waals surface area contributed by atoms with Crippen LogP contribution in [0.5, 0.6) is 0 Å². The fraction of sp³-hybridized carbons (Fsp3) is 0.263. The third-order valence-electron chi connectivity index (χ3n) is 4.67. The van der Waals surface area contributed by atoms with Gasteiger partial charge in [0.25, 0.3) is 5.91 Å². The zero-order chi connectivity index (χ0) is 21.7. The highest BCUT2D eigenvalue weighted by Crippen LogP contribution is 2.37. The van der Waals surface area contributed by atoms with Gasteiger partial charge in [-0.1, -0.05) is 0 Å². The molecule has 1 atom stereocenters. The molecule has 1 aliphatic heterocycles. The highest BCUT2D eigenvalue weighted by atomic mass is 19.4. The molecular formula is C19H13F6N3O2. The summed E-state index contributed by atoms with van der Waals surface area (Å²) in [5.74, 6) is -0.592. The minimum Gasteiger partial charge on any atom is -0.482 e. The van der Waals surface area contributed by atoms with Gasteiger partial charge in [-0.15, -0.1) is 0 Å². The first-order valence-corrected chi connectivity index (χ1v) is 8.72. The Morgan fingerprint density at radius 2 is 1.77 bits per heavy atom. The lowest BCUT2D eigenvalue weighted by atomic mass is 9.93. The molecular weight excluding hydrogens is 416 g/mol. The van der Waals surface area contributed by atoms with Crippen LogP contribution < -0.4 is 5.32 Å². The van der Waals surface area contributed by atoms with Crippen LogP contribution in [0.25, 0.3) is 5.69 Å². The Kier molecular flexibility index (Phi) is 4.63. The van der Waals surface area contributed by atoms with Crippen molar-refractivity contribution in [1.29, 1.82) is 0 Å². The van der Waals surface area contributed by atoms with E-state index in [-0.39, 0.29) is 24.4 Å². The lowest BCUT2D eigenvalue weighted by molar-refractivity contribution is -0.141. The molecule has 30 heavy (non-hydrogen) atoms. The summed E-state index contributed by atoms with van der Waals surface area (Å²) < 4.78 is 84.5. The van der Waals surface area contributed by atoms with Crippen molar-refractivity contribution in [3.8, 4) is 5.69 Å². The van der Waals surface area contributed by atoms with Crippen molar-refractivity contribution in [2.45, 2.75) is 24.7 Å². The molecule has 4 rings (SSSR count). The Bertz CT molecular complexity index is 1050. The number of amides is 1. The first-order valence-electron chi connectivity index (χ1n) is 8.72. The number of allylic oxidation sites excluding steroid dienone is 2. The molecule has 1 N–H and O–H groups in total. The van der Waals surface area contributed by atoms with Gasteiger partial charge in [-0.05, 0) is 48.9 Å². The number of ether oxygens (including phenoxy) is 1. The summed E-state index contributed by atoms with van der Waals surface area (Å²) in [5.41, 5.74) is -1.61. The van der Waals surface area contributed by atoms with Crippen LogP contribution in [0.15, 0.2) is 53.9 Å². The molecule has 2 heterocycles. The number of halogens is 6. The molecule has 158 valence electrons. The topological polar surface area (TPSA) is 56.1 Å². The second-order valence-electron chi connectivity index (χ2n) is 6.74. The van der Waals surface area contributed by atoms with Crippen LogP contribution in [-0.2, 0) is 21.9 Å². The largest absolute Gasteiger partial charge is 0.482 e. The number of hydrogen-bond acceptors (Lipinski definition) is 3. The summed E-state index contributed by atoms with van der Waals surface area (Å²) in [5, 5.41) is 6.17. The maximum absolute atomic E-state index is 13.3. The molecule has 0 radical (unpaired) electrons. The van der Waals surface area contributed by atoms with E-state index in [1.165, 1.54) is 0 Å². The van der Waals surface area contributed by atoms with Gasteiger partial charge in [-0.3, -0.25) is 4.79 Å². The summed E-state index contributed by atoms with van der Waals surface area (Å²) in [6.07, 6.45) is -5.87. The summed E-state index contributed by atoms with van der Waals surface area (Å²) in [6, 6.07) is 4.52. The Balaban J connectivity index is 1.76. The fourth-order valence-electron chi connectivity index (χ4n) is 3.27. The zero-order valence-electron chi connectivity index (χ0n) is 15.0. The number of morpholine rings is 1. The van der Waals surface area contributed by atoms with Gasteiger partial charge >= 0.3 is 12.4 Å². The van der Waals surface area contributed by atoms with Crippen LogP contribution in [0.3, 0.4) is 0 Å². The average Bonchev–Trinajstić information content (AvgIpc) is 3.13. The van der Waals surface area contributed by atoms with Crippen LogP contribution in [0.4, 0.5) is 26.3 Å². The number of carbonyl (C=O) groups excluding carboxylic acids is 1. The van der Waals surface area contributed by atoms with Gasteiger partial charge in [-0.2, -0.15) is 31.4 Å². The Morgan fingerprint density at radius 1 is 1.07 bits per heavy atom. The SMILES string of the molecule is O=C1COC2=CCC(c3cc(C(F)(F)F)nn3-c3ccc(C(F)(F)F)cc3)C=C2N1. The van der Waals surface area contributed by atoms with E-state index in [0.29, 0.717) is 11.5 Å². The number of hydrogen-bond donors (Lipinski definition) is 1. The standard InChI is InChI=1S/C19H13F6N3O2/c20-18(21,22)11-2-4-12(5-3-11)28-14(8-16(27-28)19(23,24)25)10-1-6-15-13(7-10)26-17(29)9-30-15/h2-8,10H,1,9H2,(H,26,29). The van der Waals surface area contributed by atoms with E-state index in [9.17, 15) is 31.1 Å². The Hall–Kier alpha value is -3.24. The van der Waals surface area contributed by atoms with Crippen LogP contribution in [-0.4, -0.2) is 22.3 Å². The van der Waals surface area contributed by atoms with Crippen molar-refractivity contribution < 1.29 is 35.9 Å². The molecule has 0 bridgehead atoms. The van der Waals surface area contributed by atoms with Crippen molar-refractivity contribution in [3.63, 3.8) is 0 Å². The highest BCUT2D eigenvalue weighted by Gasteiger charge is 2.37. The predicted octanol–water partition coefficient (Wildman–Crippen LogP) is 4.31. The van der Waals surface area contributed by atoms with Crippen molar-refractivity contribution in [3.05, 3.63) is 70.9 Å². The Labute approximate surface area is 165 Å². The maximum Gasteiger partial charge on any atom is 0.435 e. The third kappa shape index (κ3) is 3.79. The number of rotatable bonds is 2. The number of benzene rings is 1. The molecule has 2 aliphatic rings. The minimum atomic E-state index is -4.74. The first-order chi connectivity index (χ1) is 14.0. The minimum absolute atomic E-state index is 0.0469. The molecule has 1 aromatic heterocycles. The fourth-order valence-corrected chi connectivity index (χ4v) is 3.27. The highest BCUT2D eigenvalue weighted by molar-refractivity contribution is 5.81. The van der Waals surface area contributed by atoms with E-state index in [1.54, 1.807) is 12.2 Å². The molecule has 5 nitrogen and oxygen atoms in total. The molecule has 1 aliphatic carbocycles. The van der Waals surface area contributed by atoms with Gasteiger partial charge in [0.2, 0.25) is 0 Å². The van der Waals surface area contributed by atoms with Crippen molar-refractivity contribution in [2.75, 3.05) is 6.61 Å².